The number of aldehydes is 1. The molecule has 0 aliphatic rings. The highest BCUT2D eigenvalue weighted by Crippen LogP contribution is 2.32. The molecule has 2 aromatic rings. The molecule has 0 aliphatic heterocycles. The quantitative estimate of drug-likeness (QED) is 0.778. The lowest BCUT2D eigenvalue weighted by Gasteiger charge is -2.12. The van der Waals surface area contributed by atoms with Crippen molar-refractivity contribution in [3.8, 4) is 11.5 Å². The molecule has 0 atom stereocenters. The van der Waals surface area contributed by atoms with Gasteiger partial charge in [-0.15, -0.1) is 0 Å². The molecule has 0 fully saturated rings. The van der Waals surface area contributed by atoms with Gasteiger partial charge < -0.3 is 14.8 Å². The van der Waals surface area contributed by atoms with Crippen LogP contribution in [0.3, 0.4) is 0 Å². The molecule has 7 heteroatoms. The van der Waals surface area contributed by atoms with Gasteiger partial charge in [0.05, 0.1) is 12.8 Å². The van der Waals surface area contributed by atoms with Crippen molar-refractivity contribution >= 4 is 33.8 Å². The lowest BCUT2D eigenvalue weighted by molar-refractivity contribution is -0.118. The number of rotatable bonds is 6. The number of halogens is 2. The Bertz CT molecular complexity index is 736. The molecule has 0 spiro atoms. The van der Waals surface area contributed by atoms with Crippen LogP contribution in [0.15, 0.2) is 40.9 Å². The lowest BCUT2D eigenvalue weighted by Crippen LogP contribution is -2.21. The molecule has 0 aromatic heterocycles. The van der Waals surface area contributed by atoms with Crippen molar-refractivity contribution in [3.63, 3.8) is 0 Å². The van der Waals surface area contributed by atoms with Gasteiger partial charge >= 0.3 is 0 Å². The van der Waals surface area contributed by atoms with Gasteiger partial charge in [0.25, 0.3) is 5.91 Å². The zero-order valence-corrected chi connectivity index (χ0v) is 13.7. The summed E-state index contributed by atoms with van der Waals surface area (Å²) >= 11 is 3.23. The molecule has 0 aliphatic carbocycles. The summed E-state index contributed by atoms with van der Waals surface area (Å²) in [6.45, 7) is -0.357. The predicted octanol–water partition coefficient (Wildman–Crippen LogP) is 3.43. The van der Waals surface area contributed by atoms with Gasteiger partial charge in [0.2, 0.25) is 0 Å². The van der Waals surface area contributed by atoms with Crippen LogP contribution in [-0.4, -0.2) is 25.9 Å². The highest BCUT2D eigenvalue weighted by molar-refractivity contribution is 9.10. The number of amides is 1. The molecule has 1 amide bonds. The number of nitrogens with one attached hydrogen (secondary N) is 1. The predicted molar refractivity (Wildman–Crippen MR) is 86.6 cm³/mol. The van der Waals surface area contributed by atoms with Crippen LogP contribution in [0.2, 0.25) is 0 Å². The Morgan fingerprint density at radius 1 is 1.30 bits per heavy atom. The molecule has 0 radical (unpaired) electrons. The summed E-state index contributed by atoms with van der Waals surface area (Å²) in [6.07, 6.45) is 0.649. The molecule has 0 bridgehead atoms. The molecule has 120 valence electrons. The molecule has 0 saturated carbocycles. The molecule has 5 nitrogen and oxygen atoms in total. The topological polar surface area (TPSA) is 64.6 Å². The first-order valence-electron chi connectivity index (χ1n) is 6.55. The minimum absolute atomic E-state index is 0.0671. The number of para-hydroxylation sites is 1. The summed E-state index contributed by atoms with van der Waals surface area (Å²) in [5.41, 5.74) is 0.424. The van der Waals surface area contributed by atoms with Crippen molar-refractivity contribution < 1.29 is 23.5 Å². The number of carbonyl (C=O) groups is 2. The molecule has 2 aromatic carbocycles. The SMILES string of the molecule is COc1cc(Br)c(C=O)cc1OCC(=O)Nc1ccccc1F. The van der Waals surface area contributed by atoms with E-state index in [1.165, 1.54) is 31.4 Å². The van der Waals surface area contributed by atoms with Crippen molar-refractivity contribution in [2.24, 2.45) is 0 Å². The highest BCUT2D eigenvalue weighted by atomic mass is 79.9. The maximum atomic E-state index is 13.5. The fourth-order valence-electron chi connectivity index (χ4n) is 1.81. The summed E-state index contributed by atoms with van der Waals surface area (Å²) < 4.78 is 24.5. The van der Waals surface area contributed by atoms with E-state index in [0.717, 1.165) is 0 Å². The molecule has 0 unspecified atom stereocenters. The van der Waals surface area contributed by atoms with E-state index in [1.54, 1.807) is 12.1 Å². The first-order valence-corrected chi connectivity index (χ1v) is 7.34. The van der Waals surface area contributed by atoms with Crippen LogP contribution in [0.1, 0.15) is 10.4 Å². The van der Waals surface area contributed by atoms with Crippen molar-refractivity contribution in [1.82, 2.24) is 0 Å². The van der Waals surface area contributed by atoms with E-state index in [2.05, 4.69) is 21.2 Å². The monoisotopic (exact) mass is 381 g/mol. The molecule has 0 heterocycles. The molecule has 1 N–H and O–H groups in total. The standard InChI is InChI=1S/C16H13BrFNO4/c1-22-14-7-11(17)10(8-20)6-15(14)23-9-16(21)19-13-5-3-2-4-12(13)18/h2-8H,9H2,1H3,(H,19,21). The highest BCUT2D eigenvalue weighted by Gasteiger charge is 2.12. The first-order chi connectivity index (χ1) is 11.0. The van der Waals surface area contributed by atoms with Crippen LogP contribution in [-0.2, 0) is 4.79 Å². The maximum absolute atomic E-state index is 13.5. The molecule has 2 rings (SSSR count). The van der Waals surface area contributed by atoms with Crippen LogP contribution < -0.4 is 14.8 Å². The van der Waals surface area contributed by atoms with E-state index in [-0.39, 0.29) is 18.0 Å². The lowest BCUT2D eigenvalue weighted by atomic mass is 10.2. The van der Waals surface area contributed by atoms with E-state index in [0.29, 0.717) is 22.1 Å². The maximum Gasteiger partial charge on any atom is 0.262 e. The van der Waals surface area contributed by atoms with Gasteiger partial charge in [-0.25, -0.2) is 4.39 Å². The Labute approximate surface area is 140 Å². The number of carbonyl (C=O) groups excluding carboxylic acids is 2. The second-order valence-corrected chi connectivity index (χ2v) is 5.31. The van der Waals surface area contributed by atoms with Crippen molar-refractivity contribution in [1.29, 1.82) is 0 Å². The van der Waals surface area contributed by atoms with Crippen molar-refractivity contribution in [2.75, 3.05) is 19.0 Å². The Hall–Kier alpha value is -2.41. The van der Waals surface area contributed by atoms with E-state index < -0.39 is 11.7 Å². The molecular weight excluding hydrogens is 369 g/mol. The normalized spacial score (nSPS) is 10.0. The largest absolute Gasteiger partial charge is 0.493 e. The summed E-state index contributed by atoms with van der Waals surface area (Å²) in [4.78, 5) is 22.8. The average Bonchev–Trinajstić information content (AvgIpc) is 2.55. The minimum Gasteiger partial charge on any atom is -0.493 e. The van der Waals surface area contributed by atoms with Gasteiger partial charge in [-0.3, -0.25) is 9.59 Å². The van der Waals surface area contributed by atoms with Gasteiger partial charge in [0.1, 0.15) is 5.82 Å². The molecule has 0 saturated heterocycles. The fraction of sp³-hybridized carbons (Fsp3) is 0.125. The van der Waals surface area contributed by atoms with Crippen LogP contribution in [0.4, 0.5) is 10.1 Å². The van der Waals surface area contributed by atoms with E-state index in [4.69, 9.17) is 9.47 Å². The summed E-state index contributed by atoms with van der Waals surface area (Å²) in [6, 6.07) is 8.82. The van der Waals surface area contributed by atoms with Crippen LogP contribution >= 0.6 is 15.9 Å². The molecule has 23 heavy (non-hydrogen) atoms. The smallest absolute Gasteiger partial charge is 0.262 e. The van der Waals surface area contributed by atoms with E-state index in [1.807, 2.05) is 0 Å². The average molecular weight is 382 g/mol. The number of anilines is 1. The van der Waals surface area contributed by atoms with Gasteiger partial charge in [0.15, 0.2) is 24.4 Å². The van der Waals surface area contributed by atoms with Gasteiger partial charge in [-0.05, 0) is 40.2 Å². The third kappa shape index (κ3) is 4.29. The summed E-state index contributed by atoms with van der Waals surface area (Å²) in [5.74, 6) is -0.472. The van der Waals surface area contributed by atoms with Crippen LogP contribution in [0.25, 0.3) is 0 Å². The summed E-state index contributed by atoms with van der Waals surface area (Å²) in [7, 11) is 1.44. The number of ether oxygens (including phenoxy) is 2. The number of benzene rings is 2. The Kier molecular flexibility index (Phi) is 5.70. The zero-order chi connectivity index (χ0) is 16.8. The van der Waals surface area contributed by atoms with Crippen LogP contribution in [0, 0.1) is 5.82 Å². The zero-order valence-electron chi connectivity index (χ0n) is 12.1. The second-order valence-electron chi connectivity index (χ2n) is 4.46. The fourth-order valence-corrected chi connectivity index (χ4v) is 2.22. The third-order valence-corrected chi connectivity index (χ3v) is 3.60. The van der Waals surface area contributed by atoms with Crippen molar-refractivity contribution in [2.45, 2.75) is 0 Å². The third-order valence-electron chi connectivity index (χ3n) is 2.92. The number of hydrogen-bond acceptors (Lipinski definition) is 4. The van der Waals surface area contributed by atoms with Gasteiger partial charge in [-0.1, -0.05) is 12.1 Å². The second kappa shape index (κ2) is 7.73. The van der Waals surface area contributed by atoms with Gasteiger partial charge in [0, 0.05) is 10.0 Å². The minimum atomic E-state index is -0.537. The van der Waals surface area contributed by atoms with Crippen LogP contribution in [0.5, 0.6) is 11.5 Å². The van der Waals surface area contributed by atoms with Crippen molar-refractivity contribution in [3.05, 3.63) is 52.3 Å². The van der Waals surface area contributed by atoms with E-state index >= 15 is 0 Å². The number of hydrogen-bond donors (Lipinski definition) is 1. The van der Waals surface area contributed by atoms with E-state index in [9.17, 15) is 14.0 Å². The Morgan fingerprint density at radius 3 is 2.70 bits per heavy atom. The molecular formula is C16H13BrFNO4. The Balaban J connectivity index is 2.07. The number of methoxy groups -OCH3 is 1. The Morgan fingerprint density at radius 2 is 2.04 bits per heavy atom. The van der Waals surface area contributed by atoms with Gasteiger partial charge in [-0.2, -0.15) is 0 Å². The summed E-state index contributed by atoms with van der Waals surface area (Å²) in [5, 5.41) is 2.40. The first kappa shape index (κ1) is 17.0.